The van der Waals surface area contributed by atoms with Gasteiger partial charge >= 0.3 is 6.03 Å². The smallest absolute Gasteiger partial charge is 0.317 e. The Bertz CT molecular complexity index is 652. The van der Waals surface area contributed by atoms with Crippen LogP contribution >= 0.6 is 0 Å². The molecular weight excluding hydrogens is 342 g/mol. The summed E-state index contributed by atoms with van der Waals surface area (Å²) in [5.74, 6) is 1.71. The molecule has 0 bridgehead atoms. The Hall–Kier alpha value is -1.95. The molecular formula is C21H31N3O3. The summed E-state index contributed by atoms with van der Waals surface area (Å²) in [6.45, 7) is 4.16. The Morgan fingerprint density at radius 2 is 1.93 bits per heavy atom. The summed E-state index contributed by atoms with van der Waals surface area (Å²) in [4.78, 5) is 17.3. The van der Waals surface area contributed by atoms with E-state index in [1.807, 2.05) is 23.1 Å². The molecule has 3 aliphatic rings. The number of nitrogens with one attached hydrogen (secondary N) is 1. The van der Waals surface area contributed by atoms with Gasteiger partial charge in [0.1, 0.15) is 18.1 Å². The van der Waals surface area contributed by atoms with Gasteiger partial charge in [0.2, 0.25) is 0 Å². The van der Waals surface area contributed by atoms with Crippen LogP contribution in [0.25, 0.3) is 0 Å². The molecule has 1 aromatic carbocycles. The number of amides is 2. The molecule has 2 aliphatic heterocycles. The first kappa shape index (κ1) is 18.4. The predicted octanol–water partition coefficient (Wildman–Crippen LogP) is 2.66. The summed E-state index contributed by atoms with van der Waals surface area (Å²) >= 11 is 0. The minimum atomic E-state index is 0.00785. The lowest BCUT2D eigenvalue weighted by molar-refractivity contribution is 0.0885. The second-order valence-electron chi connectivity index (χ2n) is 7.95. The highest BCUT2D eigenvalue weighted by atomic mass is 16.5. The van der Waals surface area contributed by atoms with Crippen molar-refractivity contribution in [2.24, 2.45) is 0 Å². The van der Waals surface area contributed by atoms with E-state index in [1.165, 1.54) is 32.1 Å². The van der Waals surface area contributed by atoms with Crippen molar-refractivity contribution < 1.29 is 14.3 Å². The summed E-state index contributed by atoms with van der Waals surface area (Å²) in [6.07, 6.45) is 7.54. The van der Waals surface area contributed by atoms with Crippen LogP contribution in [0.2, 0.25) is 0 Å². The molecule has 2 fully saturated rings. The fourth-order valence-corrected chi connectivity index (χ4v) is 4.59. The third kappa shape index (κ3) is 4.32. The van der Waals surface area contributed by atoms with Gasteiger partial charge in [0.15, 0.2) is 0 Å². The quantitative estimate of drug-likeness (QED) is 0.885. The van der Waals surface area contributed by atoms with Crippen molar-refractivity contribution in [2.75, 3.05) is 39.9 Å². The highest BCUT2D eigenvalue weighted by Gasteiger charge is 2.29. The Morgan fingerprint density at radius 3 is 2.67 bits per heavy atom. The number of fused-ring (bicyclic) bond motifs is 1. The number of ether oxygens (including phenoxy) is 2. The normalized spacial score (nSPS) is 24.0. The van der Waals surface area contributed by atoms with Gasteiger partial charge < -0.3 is 19.7 Å². The minimum Gasteiger partial charge on any atom is -0.497 e. The molecule has 2 heterocycles. The average molecular weight is 373 g/mol. The molecule has 0 spiro atoms. The van der Waals surface area contributed by atoms with Crippen LogP contribution in [0.15, 0.2) is 18.2 Å². The Kier molecular flexibility index (Phi) is 5.72. The van der Waals surface area contributed by atoms with Gasteiger partial charge in [-0.2, -0.15) is 0 Å². The molecule has 4 rings (SSSR count). The molecule has 1 N–H and O–H groups in total. The number of urea groups is 1. The molecule has 6 heteroatoms. The van der Waals surface area contributed by atoms with Crippen molar-refractivity contribution >= 4 is 6.03 Å². The SMILES string of the molecule is COc1ccc2c(c1)C[C@@H](NC(=O)N1CCN(C3CCCCC3)CC1)CO2. The predicted molar refractivity (Wildman–Crippen MR) is 105 cm³/mol. The van der Waals surface area contributed by atoms with Gasteiger partial charge in [-0.05, 0) is 43.0 Å². The highest BCUT2D eigenvalue weighted by Crippen LogP contribution is 2.29. The molecule has 0 aromatic heterocycles. The molecule has 1 aromatic rings. The van der Waals surface area contributed by atoms with Crippen molar-refractivity contribution in [1.82, 2.24) is 15.1 Å². The van der Waals surface area contributed by atoms with E-state index < -0.39 is 0 Å². The van der Waals surface area contributed by atoms with E-state index in [1.54, 1.807) is 7.11 Å². The van der Waals surface area contributed by atoms with Crippen LogP contribution in [0.5, 0.6) is 11.5 Å². The number of nitrogens with zero attached hydrogens (tertiary/aromatic N) is 2. The largest absolute Gasteiger partial charge is 0.497 e. The lowest BCUT2D eigenvalue weighted by Crippen LogP contribution is -2.56. The second-order valence-corrected chi connectivity index (χ2v) is 7.95. The molecule has 1 saturated heterocycles. The number of hydrogen-bond acceptors (Lipinski definition) is 4. The first-order valence-corrected chi connectivity index (χ1v) is 10.3. The Labute approximate surface area is 161 Å². The van der Waals surface area contributed by atoms with Crippen molar-refractivity contribution in [2.45, 2.75) is 50.6 Å². The van der Waals surface area contributed by atoms with Gasteiger partial charge in [0, 0.05) is 32.2 Å². The summed E-state index contributed by atoms with van der Waals surface area (Å²) in [5.41, 5.74) is 1.09. The summed E-state index contributed by atoms with van der Waals surface area (Å²) in [5, 5.41) is 3.16. The van der Waals surface area contributed by atoms with Gasteiger partial charge in [-0.15, -0.1) is 0 Å². The zero-order valence-electron chi connectivity index (χ0n) is 16.3. The van der Waals surface area contributed by atoms with E-state index in [0.29, 0.717) is 6.61 Å². The lowest BCUT2D eigenvalue weighted by Gasteiger charge is -2.41. The van der Waals surface area contributed by atoms with Crippen LogP contribution in [-0.2, 0) is 6.42 Å². The van der Waals surface area contributed by atoms with Gasteiger partial charge in [-0.1, -0.05) is 19.3 Å². The van der Waals surface area contributed by atoms with Crippen LogP contribution in [-0.4, -0.2) is 67.8 Å². The summed E-state index contributed by atoms with van der Waals surface area (Å²) < 4.78 is 11.1. The number of methoxy groups -OCH3 is 1. The van der Waals surface area contributed by atoms with E-state index in [0.717, 1.165) is 55.7 Å². The Morgan fingerprint density at radius 1 is 1.15 bits per heavy atom. The third-order valence-corrected chi connectivity index (χ3v) is 6.19. The molecule has 6 nitrogen and oxygen atoms in total. The third-order valence-electron chi connectivity index (χ3n) is 6.19. The second kappa shape index (κ2) is 8.38. The fraction of sp³-hybridized carbons (Fsp3) is 0.667. The maximum Gasteiger partial charge on any atom is 0.317 e. The van der Waals surface area contributed by atoms with Crippen LogP contribution in [0, 0.1) is 0 Å². The average Bonchev–Trinajstić information content (AvgIpc) is 2.74. The molecule has 0 radical (unpaired) electrons. The van der Waals surface area contributed by atoms with E-state index in [2.05, 4.69) is 10.2 Å². The van der Waals surface area contributed by atoms with E-state index in [9.17, 15) is 4.79 Å². The number of hydrogen-bond donors (Lipinski definition) is 1. The monoisotopic (exact) mass is 373 g/mol. The van der Waals surface area contributed by atoms with Crippen LogP contribution in [0.4, 0.5) is 4.79 Å². The zero-order chi connectivity index (χ0) is 18.6. The van der Waals surface area contributed by atoms with Crippen LogP contribution in [0.1, 0.15) is 37.7 Å². The first-order valence-electron chi connectivity index (χ1n) is 10.3. The lowest BCUT2D eigenvalue weighted by atomic mass is 9.94. The molecule has 0 unspecified atom stereocenters. The molecule has 1 atom stereocenters. The number of carbonyl (C=O) groups is 1. The molecule has 2 amide bonds. The number of piperazine rings is 1. The van der Waals surface area contributed by atoms with Gasteiger partial charge in [-0.25, -0.2) is 4.79 Å². The van der Waals surface area contributed by atoms with Crippen molar-refractivity contribution in [1.29, 1.82) is 0 Å². The standard InChI is InChI=1S/C21H31N3O3/c1-26-19-7-8-20-16(14-19)13-17(15-27-20)22-21(25)24-11-9-23(10-12-24)18-5-3-2-4-6-18/h7-8,14,17-18H,2-6,9-13,15H2,1H3,(H,22,25)/t17-/m1/s1. The topological polar surface area (TPSA) is 54.0 Å². The van der Waals surface area contributed by atoms with Crippen LogP contribution < -0.4 is 14.8 Å². The van der Waals surface area contributed by atoms with E-state index in [-0.39, 0.29) is 12.1 Å². The molecule has 27 heavy (non-hydrogen) atoms. The fourth-order valence-electron chi connectivity index (χ4n) is 4.59. The zero-order valence-corrected chi connectivity index (χ0v) is 16.3. The van der Waals surface area contributed by atoms with E-state index >= 15 is 0 Å². The van der Waals surface area contributed by atoms with Gasteiger partial charge in [-0.3, -0.25) is 4.90 Å². The maximum absolute atomic E-state index is 12.7. The van der Waals surface area contributed by atoms with E-state index in [4.69, 9.17) is 9.47 Å². The summed E-state index contributed by atoms with van der Waals surface area (Å²) in [7, 11) is 1.66. The van der Waals surface area contributed by atoms with Gasteiger partial charge in [0.25, 0.3) is 0 Å². The minimum absolute atomic E-state index is 0.00785. The number of rotatable bonds is 3. The van der Waals surface area contributed by atoms with Crippen LogP contribution in [0.3, 0.4) is 0 Å². The molecule has 1 aliphatic carbocycles. The van der Waals surface area contributed by atoms with Crippen molar-refractivity contribution in [3.05, 3.63) is 23.8 Å². The highest BCUT2D eigenvalue weighted by molar-refractivity contribution is 5.74. The van der Waals surface area contributed by atoms with Gasteiger partial charge in [0.05, 0.1) is 13.2 Å². The van der Waals surface area contributed by atoms with Crippen molar-refractivity contribution in [3.63, 3.8) is 0 Å². The molecule has 148 valence electrons. The first-order chi connectivity index (χ1) is 13.2. The van der Waals surface area contributed by atoms with Crippen molar-refractivity contribution in [3.8, 4) is 11.5 Å². The number of carbonyl (C=O) groups excluding carboxylic acids is 1. The maximum atomic E-state index is 12.7. The summed E-state index contributed by atoms with van der Waals surface area (Å²) in [6, 6.07) is 6.63. The Balaban J connectivity index is 1.27. The molecule has 1 saturated carbocycles. The number of benzene rings is 1.